The summed E-state index contributed by atoms with van der Waals surface area (Å²) in [7, 11) is 1.92. The Kier molecular flexibility index (Phi) is 5.56. The number of nitrogens with one attached hydrogen (secondary N) is 1. The smallest absolute Gasteiger partial charge is 0.386 e. The fourth-order valence-electron chi connectivity index (χ4n) is 4.50. The maximum atomic E-state index is 11.2. The van der Waals surface area contributed by atoms with Crippen molar-refractivity contribution in [2.45, 2.75) is 51.8 Å². The van der Waals surface area contributed by atoms with Crippen molar-refractivity contribution in [3.8, 4) is 17.3 Å². The number of anilines is 1. The first-order valence-electron chi connectivity index (χ1n) is 11.2. The Bertz CT molecular complexity index is 1360. The number of pyridine rings is 1. The van der Waals surface area contributed by atoms with E-state index in [2.05, 4.69) is 25.4 Å². The van der Waals surface area contributed by atoms with Gasteiger partial charge in [0.25, 0.3) is 0 Å². The van der Waals surface area contributed by atoms with Crippen LogP contribution in [0.15, 0.2) is 30.9 Å². The Hall–Kier alpha value is -4.09. The highest BCUT2D eigenvalue weighted by atomic mass is 16.6. The molecule has 0 bridgehead atoms. The minimum atomic E-state index is -0.479. The van der Waals surface area contributed by atoms with Crippen molar-refractivity contribution in [2.75, 3.05) is 5.32 Å². The third-order valence-corrected chi connectivity index (χ3v) is 6.25. The fraction of sp³-hybridized carbons (Fsp3) is 0.409. The number of nitro groups is 1. The predicted molar refractivity (Wildman–Crippen MR) is 125 cm³/mol. The molecule has 5 rings (SSSR count). The van der Waals surface area contributed by atoms with Gasteiger partial charge in [0, 0.05) is 31.7 Å². The summed E-state index contributed by atoms with van der Waals surface area (Å²) in [6, 6.07) is 3.39. The number of aryl methyl sites for hydroxylation is 2. The number of nitrogens with zero attached hydrogens (tertiary/aromatic N) is 8. The summed E-state index contributed by atoms with van der Waals surface area (Å²) < 4.78 is 10.1. The lowest BCUT2D eigenvalue weighted by Gasteiger charge is -2.15. The first kappa shape index (κ1) is 21.7. The van der Waals surface area contributed by atoms with Crippen molar-refractivity contribution in [3.63, 3.8) is 0 Å². The minimum Gasteiger partial charge on any atom is -0.473 e. The van der Waals surface area contributed by atoms with E-state index in [4.69, 9.17) is 9.72 Å². The molecule has 0 aliphatic heterocycles. The molecule has 12 nitrogen and oxygen atoms in total. The molecule has 34 heavy (non-hydrogen) atoms. The quantitative estimate of drug-likeness (QED) is 0.323. The lowest BCUT2D eigenvalue weighted by molar-refractivity contribution is -0.388. The van der Waals surface area contributed by atoms with E-state index in [9.17, 15) is 10.1 Å². The van der Waals surface area contributed by atoms with Gasteiger partial charge >= 0.3 is 5.82 Å². The van der Waals surface area contributed by atoms with Gasteiger partial charge in [-0.25, -0.2) is 9.97 Å². The zero-order chi connectivity index (χ0) is 23.8. The van der Waals surface area contributed by atoms with Gasteiger partial charge in [-0.15, -0.1) is 0 Å². The SMILES string of the molecule is CCn1ncc(-c2nc3c(OC4CCC(Nc5cccnc5[N+](=O)[O-])C4)ncnc3n2C)c1C. The van der Waals surface area contributed by atoms with Crippen molar-refractivity contribution < 1.29 is 9.66 Å². The summed E-state index contributed by atoms with van der Waals surface area (Å²) >= 11 is 0. The van der Waals surface area contributed by atoms with Crippen LogP contribution in [-0.4, -0.2) is 51.4 Å². The Morgan fingerprint density at radius 1 is 1.29 bits per heavy atom. The monoisotopic (exact) mass is 463 g/mol. The first-order chi connectivity index (χ1) is 16.5. The molecule has 4 aromatic rings. The van der Waals surface area contributed by atoms with Crippen molar-refractivity contribution in [3.05, 3.63) is 46.7 Å². The summed E-state index contributed by atoms with van der Waals surface area (Å²) in [5, 5.41) is 18.9. The van der Waals surface area contributed by atoms with E-state index in [1.165, 1.54) is 12.5 Å². The summed E-state index contributed by atoms with van der Waals surface area (Å²) in [6.07, 6.45) is 6.90. The van der Waals surface area contributed by atoms with Crippen molar-refractivity contribution >= 4 is 22.7 Å². The highest BCUT2D eigenvalue weighted by Gasteiger charge is 2.29. The molecule has 0 amide bonds. The van der Waals surface area contributed by atoms with Gasteiger partial charge in [0.15, 0.2) is 11.2 Å². The Labute approximate surface area is 195 Å². The Morgan fingerprint density at radius 3 is 2.91 bits per heavy atom. The number of aromatic nitrogens is 7. The van der Waals surface area contributed by atoms with Crippen molar-refractivity contribution in [1.29, 1.82) is 0 Å². The number of hydrogen-bond donors (Lipinski definition) is 1. The van der Waals surface area contributed by atoms with E-state index in [-0.39, 0.29) is 18.0 Å². The molecule has 1 saturated carbocycles. The number of fused-ring (bicyclic) bond motifs is 1. The molecule has 4 heterocycles. The van der Waals surface area contributed by atoms with Gasteiger partial charge in [0.1, 0.15) is 30.1 Å². The van der Waals surface area contributed by atoms with Crippen LogP contribution in [0, 0.1) is 17.0 Å². The molecule has 2 unspecified atom stereocenters. The third kappa shape index (κ3) is 3.80. The second-order valence-corrected chi connectivity index (χ2v) is 8.33. The zero-order valence-corrected chi connectivity index (χ0v) is 19.2. The molecule has 0 aromatic carbocycles. The second kappa shape index (κ2) is 8.69. The van der Waals surface area contributed by atoms with E-state index in [1.54, 1.807) is 12.1 Å². The van der Waals surface area contributed by atoms with Crippen LogP contribution in [0.3, 0.4) is 0 Å². The molecule has 2 atom stereocenters. The number of hydrogen-bond acceptors (Lipinski definition) is 9. The average Bonchev–Trinajstić information content (AvgIpc) is 3.52. The molecule has 1 aliphatic carbocycles. The molecule has 0 saturated heterocycles. The minimum absolute atomic E-state index is 0.0343. The summed E-state index contributed by atoms with van der Waals surface area (Å²) in [6.45, 7) is 4.85. The zero-order valence-electron chi connectivity index (χ0n) is 19.2. The molecule has 0 radical (unpaired) electrons. The molecule has 1 N–H and O–H groups in total. The van der Waals surface area contributed by atoms with Crippen molar-refractivity contribution in [2.24, 2.45) is 7.05 Å². The average molecular weight is 464 g/mol. The molecule has 1 aliphatic rings. The molecular formula is C22H25N9O3. The van der Waals surface area contributed by atoms with Crippen LogP contribution in [0.25, 0.3) is 22.6 Å². The van der Waals surface area contributed by atoms with E-state index in [0.29, 0.717) is 29.2 Å². The fourth-order valence-corrected chi connectivity index (χ4v) is 4.50. The number of ether oxygens (including phenoxy) is 1. The molecule has 4 aromatic heterocycles. The van der Waals surface area contributed by atoms with Gasteiger partial charge in [-0.2, -0.15) is 10.1 Å². The number of rotatable bonds is 7. The molecule has 0 spiro atoms. The van der Waals surface area contributed by atoms with Crippen LogP contribution >= 0.6 is 0 Å². The van der Waals surface area contributed by atoms with E-state index >= 15 is 0 Å². The molecule has 1 fully saturated rings. The maximum Gasteiger partial charge on any atom is 0.386 e. The van der Waals surface area contributed by atoms with Gasteiger partial charge in [-0.3, -0.25) is 4.68 Å². The van der Waals surface area contributed by atoms with Crippen LogP contribution < -0.4 is 10.1 Å². The van der Waals surface area contributed by atoms with Crippen LogP contribution in [-0.2, 0) is 13.6 Å². The number of imidazole rings is 1. The van der Waals surface area contributed by atoms with Gasteiger partial charge in [-0.1, -0.05) is 0 Å². The normalized spacial score (nSPS) is 17.9. The Morgan fingerprint density at radius 2 is 2.15 bits per heavy atom. The van der Waals surface area contributed by atoms with Crippen LogP contribution in [0.1, 0.15) is 31.9 Å². The van der Waals surface area contributed by atoms with Crippen LogP contribution in [0.5, 0.6) is 5.88 Å². The summed E-state index contributed by atoms with van der Waals surface area (Å²) in [5.74, 6) is 1.02. The lowest BCUT2D eigenvalue weighted by Crippen LogP contribution is -2.20. The van der Waals surface area contributed by atoms with Crippen LogP contribution in [0.2, 0.25) is 0 Å². The van der Waals surface area contributed by atoms with Gasteiger partial charge in [0.2, 0.25) is 5.88 Å². The third-order valence-electron chi connectivity index (χ3n) is 6.25. The van der Waals surface area contributed by atoms with E-state index in [1.807, 2.05) is 36.3 Å². The highest BCUT2D eigenvalue weighted by molar-refractivity contribution is 5.81. The predicted octanol–water partition coefficient (Wildman–Crippen LogP) is 3.27. The maximum absolute atomic E-state index is 11.2. The topological polar surface area (TPSA) is 139 Å². The molecule has 176 valence electrons. The van der Waals surface area contributed by atoms with Gasteiger partial charge < -0.3 is 24.7 Å². The first-order valence-corrected chi connectivity index (χ1v) is 11.2. The van der Waals surface area contributed by atoms with Gasteiger partial charge in [-0.05, 0) is 48.7 Å². The Balaban J connectivity index is 1.36. The van der Waals surface area contributed by atoms with E-state index in [0.717, 1.165) is 36.5 Å². The highest BCUT2D eigenvalue weighted by Crippen LogP contribution is 2.32. The largest absolute Gasteiger partial charge is 0.473 e. The van der Waals surface area contributed by atoms with E-state index < -0.39 is 4.92 Å². The lowest BCUT2D eigenvalue weighted by atomic mass is 10.2. The molecular weight excluding hydrogens is 438 g/mol. The van der Waals surface area contributed by atoms with Crippen LogP contribution in [0.4, 0.5) is 11.5 Å². The van der Waals surface area contributed by atoms with Gasteiger partial charge in [0.05, 0.1) is 11.8 Å². The second-order valence-electron chi connectivity index (χ2n) is 8.33. The summed E-state index contributed by atoms with van der Waals surface area (Å²) in [4.78, 5) is 28.2. The summed E-state index contributed by atoms with van der Waals surface area (Å²) in [5.41, 5.74) is 3.67. The molecule has 12 heteroatoms. The standard InChI is InChI=1S/C22H25N9O3/c1-4-30-13(2)16(11-26-30)19-28-18-21(29(19)3)24-12-25-22(18)34-15-8-7-14(10-15)27-17-6-5-9-23-20(17)31(32)33/h5-6,9,11-12,14-15,27H,4,7-8,10H2,1-3H3. The van der Waals surface area contributed by atoms with Crippen molar-refractivity contribution in [1.82, 2.24) is 34.3 Å².